The van der Waals surface area contributed by atoms with E-state index in [1.165, 1.54) is 6.92 Å². The maximum atomic E-state index is 10.6. The number of nitro groups is 4. The molecule has 2 rings (SSSR count). The summed E-state index contributed by atoms with van der Waals surface area (Å²) in [5.41, 5.74) is -3.17. The fourth-order valence-electron chi connectivity index (χ4n) is 2.08. The first-order chi connectivity index (χ1) is 12.8. The summed E-state index contributed by atoms with van der Waals surface area (Å²) in [6.07, 6.45) is 1.59. The normalized spacial score (nSPS) is 20.4. The number of rotatable bonds is 4. The number of aromatic hydroxyl groups is 1. The van der Waals surface area contributed by atoms with Crippen molar-refractivity contribution in [2.75, 3.05) is 0 Å². The van der Waals surface area contributed by atoms with Gasteiger partial charge in [-0.05, 0) is 13.0 Å². The second-order valence-electron chi connectivity index (χ2n) is 5.76. The Balaban J connectivity index is 0.000000280. The van der Waals surface area contributed by atoms with Crippen molar-refractivity contribution in [1.82, 2.24) is 0 Å². The number of non-ortho nitro benzene ring substituents is 1. The van der Waals surface area contributed by atoms with E-state index in [2.05, 4.69) is 0 Å². The van der Waals surface area contributed by atoms with Crippen LogP contribution in [0.3, 0.4) is 0 Å². The number of benzene rings is 1. The fraction of sp³-hybridized carbons (Fsp3) is 0.286. The maximum Gasteiger partial charge on any atom is 0.317 e. The molecule has 0 saturated heterocycles. The van der Waals surface area contributed by atoms with E-state index in [1.54, 1.807) is 0 Å². The zero-order valence-electron chi connectivity index (χ0n) is 14.4. The lowest BCUT2D eigenvalue weighted by Crippen LogP contribution is -2.45. The minimum Gasteiger partial charge on any atom is -0.502 e. The first kappa shape index (κ1) is 22.1. The summed E-state index contributed by atoms with van der Waals surface area (Å²) in [6.45, 7) is 2.49. The van der Waals surface area contributed by atoms with E-state index in [9.17, 15) is 50.7 Å². The number of aliphatic hydroxyl groups is 1. The Morgan fingerprint density at radius 2 is 1.57 bits per heavy atom. The van der Waals surface area contributed by atoms with Crippen molar-refractivity contribution < 1.29 is 29.9 Å². The molecule has 2 atom stereocenters. The molecular weight excluding hydrogens is 384 g/mol. The Labute approximate surface area is 155 Å². The van der Waals surface area contributed by atoms with E-state index in [1.807, 2.05) is 0 Å². The Bertz CT molecular complexity index is 910. The van der Waals surface area contributed by atoms with Crippen LogP contribution in [0.2, 0.25) is 0 Å². The predicted molar refractivity (Wildman–Crippen MR) is 91.8 cm³/mol. The molecule has 0 bridgehead atoms. The van der Waals surface area contributed by atoms with Crippen molar-refractivity contribution in [1.29, 1.82) is 0 Å². The highest BCUT2D eigenvalue weighted by atomic mass is 16.6. The van der Waals surface area contributed by atoms with Crippen LogP contribution in [0, 0.1) is 47.4 Å². The number of allylic oxidation sites excluding steroid dienone is 1. The van der Waals surface area contributed by atoms with Gasteiger partial charge in [0, 0.05) is 29.6 Å². The quantitative estimate of drug-likeness (QED) is 0.552. The molecule has 1 aromatic carbocycles. The molecule has 150 valence electrons. The topological polar surface area (TPSA) is 213 Å². The first-order valence-corrected chi connectivity index (χ1v) is 7.31. The van der Waals surface area contributed by atoms with Crippen LogP contribution >= 0.6 is 0 Å². The molecular formula is C14H14N4O10. The van der Waals surface area contributed by atoms with E-state index in [4.69, 9.17) is 0 Å². The fourth-order valence-corrected chi connectivity index (χ4v) is 2.08. The van der Waals surface area contributed by atoms with Crippen LogP contribution in [0.25, 0.3) is 0 Å². The lowest BCUT2D eigenvalue weighted by atomic mass is 9.90. The third-order valence-corrected chi connectivity index (χ3v) is 3.77. The maximum absolute atomic E-state index is 10.6. The summed E-state index contributed by atoms with van der Waals surface area (Å²) in [7, 11) is 0. The molecule has 0 radical (unpaired) electrons. The van der Waals surface area contributed by atoms with Gasteiger partial charge in [0.25, 0.3) is 16.9 Å². The standard InChI is InChI=1S/C7H6N2O5.C7H8N2O5/c1-4-2-5(8(11)12)3-6(7(4)10)9(13)14;1-7(9(13)14)4-5(8(11)12)2-3-6(7)10/h2-3,10H,1H3;2-4,6,10H,1H3. The minimum atomic E-state index is -1.82. The number of hydrogen-bond donors (Lipinski definition) is 2. The summed E-state index contributed by atoms with van der Waals surface area (Å²) < 4.78 is 0. The van der Waals surface area contributed by atoms with Gasteiger partial charge in [0.05, 0.1) is 26.9 Å². The molecule has 28 heavy (non-hydrogen) atoms. The summed E-state index contributed by atoms with van der Waals surface area (Å²) in [5, 5.41) is 60.2. The molecule has 0 fully saturated rings. The molecule has 0 spiro atoms. The van der Waals surface area contributed by atoms with Gasteiger partial charge >= 0.3 is 5.69 Å². The van der Waals surface area contributed by atoms with Crippen molar-refractivity contribution in [2.24, 2.45) is 0 Å². The Morgan fingerprint density at radius 3 is 2.00 bits per heavy atom. The number of phenolic OH excluding ortho intramolecular Hbond substituents is 1. The first-order valence-electron chi connectivity index (χ1n) is 7.31. The highest BCUT2D eigenvalue weighted by Crippen LogP contribution is 2.33. The third kappa shape index (κ3) is 4.61. The average Bonchev–Trinajstić information content (AvgIpc) is 2.59. The molecule has 0 heterocycles. The van der Waals surface area contributed by atoms with E-state index < -0.39 is 48.5 Å². The van der Waals surface area contributed by atoms with Gasteiger partial charge in [0.1, 0.15) is 6.10 Å². The second kappa shape index (κ2) is 8.17. The van der Waals surface area contributed by atoms with Crippen LogP contribution in [0.15, 0.2) is 36.1 Å². The van der Waals surface area contributed by atoms with Crippen molar-refractivity contribution in [3.05, 3.63) is 82.1 Å². The smallest absolute Gasteiger partial charge is 0.317 e. The van der Waals surface area contributed by atoms with E-state index in [0.29, 0.717) is 0 Å². The van der Waals surface area contributed by atoms with Crippen LogP contribution < -0.4 is 0 Å². The van der Waals surface area contributed by atoms with Gasteiger partial charge in [0.2, 0.25) is 0 Å². The van der Waals surface area contributed by atoms with Crippen molar-refractivity contribution in [3.63, 3.8) is 0 Å². The minimum absolute atomic E-state index is 0.103. The largest absolute Gasteiger partial charge is 0.502 e. The monoisotopic (exact) mass is 398 g/mol. The third-order valence-electron chi connectivity index (χ3n) is 3.77. The van der Waals surface area contributed by atoms with Gasteiger partial charge in [-0.1, -0.05) is 0 Å². The molecule has 1 aliphatic carbocycles. The van der Waals surface area contributed by atoms with Gasteiger partial charge in [-0.25, -0.2) is 0 Å². The molecule has 0 aromatic heterocycles. The van der Waals surface area contributed by atoms with Crippen molar-refractivity contribution >= 4 is 11.4 Å². The highest BCUT2D eigenvalue weighted by Gasteiger charge is 2.46. The second-order valence-corrected chi connectivity index (χ2v) is 5.76. The summed E-state index contributed by atoms with van der Waals surface area (Å²) in [4.78, 5) is 38.6. The van der Waals surface area contributed by atoms with Crippen LogP contribution in [-0.4, -0.2) is 41.5 Å². The zero-order chi connectivity index (χ0) is 21.8. The Hall–Kier alpha value is -3.94. The number of phenols is 1. The molecule has 1 aromatic rings. The number of nitro benzene ring substituents is 2. The molecule has 2 N–H and O–H groups in total. The predicted octanol–water partition coefficient (Wildman–Crippen LogP) is 1.63. The Kier molecular flexibility index (Phi) is 6.45. The van der Waals surface area contributed by atoms with E-state index in [0.717, 1.165) is 37.3 Å². The van der Waals surface area contributed by atoms with E-state index >= 15 is 0 Å². The summed E-state index contributed by atoms with van der Waals surface area (Å²) in [6, 6.07) is 1.80. The molecule has 0 saturated carbocycles. The SMILES string of the molecule is CC1([N+](=O)[O-])C=C([N+](=O)[O-])C=CC1O.Cc1cc([N+](=O)[O-])cc([N+](=O)[O-])c1O. The lowest BCUT2D eigenvalue weighted by molar-refractivity contribution is -0.562. The molecule has 14 nitrogen and oxygen atoms in total. The molecule has 14 heteroatoms. The van der Waals surface area contributed by atoms with E-state index in [-0.39, 0.29) is 11.3 Å². The molecule has 1 aliphatic rings. The molecule has 0 amide bonds. The van der Waals surface area contributed by atoms with Gasteiger partial charge < -0.3 is 10.2 Å². The van der Waals surface area contributed by atoms with Crippen LogP contribution in [0.5, 0.6) is 5.75 Å². The van der Waals surface area contributed by atoms with Gasteiger partial charge in [0.15, 0.2) is 5.75 Å². The highest BCUT2D eigenvalue weighted by molar-refractivity contribution is 5.57. The molecule has 0 aliphatic heterocycles. The number of nitrogens with zero attached hydrogens (tertiary/aromatic N) is 4. The van der Waals surface area contributed by atoms with Crippen molar-refractivity contribution in [3.8, 4) is 5.75 Å². The number of hydrogen-bond acceptors (Lipinski definition) is 10. The summed E-state index contributed by atoms with van der Waals surface area (Å²) in [5.74, 6) is -0.541. The number of aliphatic hydroxyl groups excluding tert-OH is 1. The zero-order valence-corrected chi connectivity index (χ0v) is 14.4. The van der Waals surface area contributed by atoms with Crippen LogP contribution in [0.1, 0.15) is 12.5 Å². The van der Waals surface area contributed by atoms with Gasteiger partial charge in [-0.15, -0.1) is 0 Å². The van der Waals surface area contributed by atoms with Crippen molar-refractivity contribution in [2.45, 2.75) is 25.5 Å². The Morgan fingerprint density at radius 1 is 1.00 bits per heavy atom. The van der Waals surface area contributed by atoms with Gasteiger partial charge in [-0.2, -0.15) is 0 Å². The summed E-state index contributed by atoms with van der Waals surface area (Å²) >= 11 is 0. The van der Waals surface area contributed by atoms with Crippen LogP contribution in [-0.2, 0) is 0 Å². The lowest BCUT2D eigenvalue weighted by Gasteiger charge is -2.22. The molecule has 2 unspecified atom stereocenters. The average molecular weight is 398 g/mol. The van der Waals surface area contributed by atoms with Crippen LogP contribution in [0.4, 0.5) is 11.4 Å². The van der Waals surface area contributed by atoms with Gasteiger partial charge in [-0.3, -0.25) is 40.5 Å². The number of aryl methyl sites for hydroxylation is 1.